The smallest absolute Gasteiger partial charge is 0.271 e. The number of hydrogen-bond acceptors (Lipinski definition) is 4. The van der Waals surface area contributed by atoms with Crippen LogP contribution in [0, 0.1) is 5.92 Å². The SMILES string of the molecule is O=C(NCC(O)COCC1CC1)c1ccn(-c2cccc(Cl)c2)n1. The fraction of sp³-hybridized carbons (Fsp3) is 0.412. The minimum Gasteiger partial charge on any atom is -0.389 e. The van der Waals surface area contributed by atoms with Gasteiger partial charge in [-0.2, -0.15) is 5.10 Å². The van der Waals surface area contributed by atoms with E-state index in [0.29, 0.717) is 17.5 Å². The molecule has 1 aromatic heterocycles. The van der Waals surface area contributed by atoms with E-state index in [4.69, 9.17) is 16.3 Å². The van der Waals surface area contributed by atoms with Gasteiger partial charge in [-0.05, 0) is 43.0 Å². The van der Waals surface area contributed by atoms with E-state index in [1.54, 1.807) is 29.1 Å². The van der Waals surface area contributed by atoms with Crippen LogP contribution in [0.2, 0.25) is 5.02 Å². The topological polar surface area (TPSA) is 76.4 Å². The molecule has 1 amide bonds. The monoisotopic (exact) mass is 349 g/mol. The first kappa shape index (κ1) is 17.0. The first-order chi connectivity index (χ1) is 11.6. The number of aliphatic hydroxyl groups excluding tert-OH is 1. The van der Waals surface area contributed by atoms with Crippen LogP contribution in [-0.4, -0.2) is 46.7 Å². The van der Waals surface area contributed by atoms with Gasteiger partial charge in [0.05, 0.1) is 18.4 Å². The van der Waals surface area contributed by atoms with Crippen molar-refractivity contribution in [3.63, 3.8) is 0 Å². The number of carbonyl (C=O) groups excluding carboxylic acids is 1. The Morgan fingerprint density at radius 2 is 2.29 bits per heavy atom. The van der Waals surface area contributed by atoms with Gasteiger partial charge >= 0.3 is 0 Å². The van der Waals surface area contributed by atoms with Crippen molar-refractivity contribution in [3.8, 4) is 5.69 Å². The molecule has 1 fully saturated rings. The number of nitrogens with one attached hydrogen (secondary N) is 1. The Morgan fingerprint density at radius 3 is 3.04 bits per heavy atom. The molecule has 2 aromatic rings. The summed E-state index contributed by atoms with van der Waals surface area (Å²) < 4.78 is 6.98. The number of halogens is 1. The van der Waals surface area contributed by atoms with Crippen LogP contribution in [0.4, 0.5) is 0 Å². The van der Waals surface area contributed by atoms with Crippen LogP contribution in [0.3, 0.4) is 0 Å². The van der Waals surface area contributed by atoms with Gasteiger partial charge in [0.25, 0.3) is 5.91 Å². The zero-order valence-corrected chi connectivity index (χ0v) is 13.9. The van der Waals surface area contributed by atoms with E-state index >= 15 is 0 Å². The van der Waals surface area contributed by atoms with Gasteiger partial charge in [-0.1, -0.05) is 17.7 Å². The van der Waals surface area contributed by atoms with E-state index < -0.39 is 6.10 Å². The van der Waals surface area contributed by atoms with Crippen LogP contribution in [0.25, 0.3) is 5.69 Å². The lowest BCUT2D eigenvalue weighted by Gasteiger charge is -2.11. The second-order valence-corrected chi connectivity index (χ2v) is 6.41. The third kappa shape index (κ3) is 4.80. The second kappa shape index (κ2) is 7.79. The van der Waals surface area contributed by atoms with Gasteiger partial charge in [0.15, 0.2) is 5.69 Å². The molecule has 3 rings (SSSR count). The molecule has 1 aliphatic carbocycles. The lowest BCUT2D eigenvalue weighted by Crippen LogP contribution is -2.35. The molecule has 1 atom stereocenters. The molecule has 1 saturated carbocycles. The van der Waals surface area contributed by atoms with Gasteiger partial charge < -0.3 is 15.2 Å². The Balaban J connectivity index is 1.48. The summed E-state index contributed by atoms with van der Waals surface area (Å²) in [5, 5.41) is 17.3. The van der Waals surface area contributed by atoms with Gasteiger partial charge in [0, 0.05) is 24.4 Å². The molecule has 1 heterocycles. The lowest BCUT2D eigenvalue weighted by atomic mass is 10.3. The van der Waals surface area contributed by atoms with Crippen molar-refractivity contribution in [1.82, 2.24) is 15.1 Å². The van der Waals surface area contributed by atoms with Crippen LogP contribution in [-0.2, 0) is 4.74 Å². The van der Waals surface area contributed by atoms with E-state index in [1.165, 1.54) is 12.8 Å². The number of ether oxygens (including phenoxy) is 1. The van der Waals surface area contributed by atoms with E-state index in [-0.39, 0.29) is 24.8 Å². The number of benzene rings is 1. The largest absolute Gasteiger partial charge is 0.389 e. The molecule has 1 aromatic carbocycles. The van der Waals surface area contributed by atoms with Crippen LogP contribution in [0.1, 0.15) is 23.3 Å². The van der Waals surface area contributed by atoms with Crippen LogP contribution in [0.15, 0.2) is 36.5 Å². The van der Waals surface area contributed by atoms with E-state index in [9.17, 15) is 9.90 Å². The molecule has 2 N–H and O–H groups in total. The molecule has 0 radical (unpaired) electrons. The Kier molecular flexibility index (Phi) is 5.50. The van der Waals surface area contributed by atoms with Crippen molar-refractivity contribution in [2.24, 2.45) is 5.92 Å². The highest BCUT2D eigenvalue weighted by molar-refractivity contribution is 6.30. The van der Waals surface area contributed by atoms with Crippen molar-refractivity contribution < 1.29 is 14.6 Å². The molecule has 6 nitrogen and oxygen atoms in total. The molecule has 0 bridgehead atoms. The quantitative estimate of drug-likeness (QED) is 0.764. The summed E-state index contributed by atoms with van der Waals surface area (Å²) in [7, 11) is 0. The predicted molar refractivity (Wildman–Crippen MR) is 90.5 cm³/mol. The van der Waals surface area contributed by atoms with Crippen LogP contribution < -0.4 is 5.32 Å². The van der Waals surface area contributed by atoms with Crippen LogP contribution in [0.5, 0.6) is 0 Å². The molecule has 1 aliphatic rings. The number of aliphatic hydroxyl groups is 1. The highest BCUT2D eigenvalue weighted by atomic mass is 35.5. The van der Waals surface area contributed by atoms with Gasteiger partial charge in [-0.3, -0.25) is 4.79 Å². The number of nitrogens with zero attached hydrogens (tertiary/aromatic N) is 2. The summed E-state index contributed by atoms with van der Waals surface area (Å²) in [5.41, 5.74) is 1.05. The molecule has 0 spiro atoms. The maximum Gasteiger partial charge on any atom is 0.271 e. The Hall–Kier alpha value is -1.89. The van der Waals surface area contributed by atoms with Crippen molar-refractivity contribution in [1.29, 1.82) is 0 Å². The second-order valence-electron chi connectivity index (χ2n) is 5.97. The summed E-state index contributed by atoms with van der Waals surface area (Å²) in [6.45, 7) is 1.05. The summed E-state index contributed by atoms with van der Waals surface area (Å²) in [6, 6.07) is 8.82. The molecule has 128 valence electrons. The van der Waals surface area contributed by atoms with Gasteiger partial charge in [-0.15, -0.1) is 0 Å². The number of rotatable bonds is 8. The van der Waals surface area contributed by atoms with Crippen molar-refractivity contribution in [3.05, 3.63) is 47.2 Å². The average Bonchev–Trinajstić information content (AvgIpc) is 3.25. The summed E-state index contributed by atoms with van der Waals surface area (Å²) in [4.78, 5) is 12.1. The van der Waals surface area contributed by atoms with Crippen LogP contribution >= 0.6 is 11.6 Å². The van der Waals surface area contributed by atoms with Crippen molar-refractivity contribution >= 4 is 17.5 Å². The third-order valence-corrected chi connectivity index (χ3v) is 3.99. The number of aromatic nitrogens is 2. The molecule has 0 aliphatic heterocycles. The number of hydrogen-bond donors (Lipinski definition) is 2. The maximum atomic E-state index is 12.1. The lowest BCUT2D eigenvalue weighted by molar-refractivity contribution is 0.0320. The normalized spacial score (nSPS) is 15.2. The molecule has 7 heteroatoms. The maximum absolute atomic E-state index is 12.1. The Labute approximate surface area is 145 Å². The third-order valence-electron chi connectivity index (χ3n) is 3.75. The highest BCUT2D eigenvalue weighted by Crippen LogP contribution is 2.28. The van der Waals surface area contributed by atoms with Crippen molar-refractivity contribution in [2.45, 2.75) is 18.9 Å². The molecule has 0 saturated heterocycles. The van der Waals surface area contributed by atoms with E-state index in [0.717, 1.165) is 5.69 Å². The van der Waals surface area contributed by atoms with Gasteiger partial charge in [0.1, 0.15) is 0 Å². The zero-order valence-electron chi connectivity index (χ0n) is 13.2. The standard InChI is InChI=1S/C17H20ClN3O3/c18-13-2-1-3-14(8-13)21-7-6-16(20-21)17(23)19-9-15(22)11-24-10-12-4-5-12/h1-3,6-8,12,15,22H,4-5,9-11H2,(H,19,23). The summed E-state index contributed by atoms with van der Waals surface area (Å²) in [6.07, 6.45) is 3.39. The van der Waals surface area contributed by atoms with Gasteiger partial charge in [0.2, 0.25) is 0 Å². The zero-order chi connectivity index (χ0) is 16.9. The Morgan fingerprint density at radius 1 is 1.46 bits per heavy atom. The van der Waals surface area contributed by atoms with E-state index in [2.05, 4.69) is 10.4 Å². The molecular formula is C17H20ClN3O3. The fourth-order valence-electron chi connectivity index (χ4n) is 2.22. The summed E-state index contributed by atoms with van der Waals surface area (Å²) in [5.74, 6) is 0.319. The molecule has 24 heavy (non-hydrogen) atoms. The first-order valence-electron chi connectivity index (χ1n) is 7.97. The molecular weight excluding hydrogens is 330 g/mol. The minimum absolute atomic E-state index is 0.132. The Bertz CT molecular complexity index is 700. The number of amides is 1. The summed E-state index contributed by atoms with van der Waals surface area (Å²) >= 11 is 5.95. The van der Waals surface area contributed by atoms with Crippen molar-refractivity contribution in [2.75, 3.05) is 19.8 Å². The highest BCUT2D eigenvalue weighted by Gasteiger charge is 2.21. The average molecular weight is 350 g/mol. The van der Waals surface area contributed by atoms with Gasteiger partial charge in [-0.25, -0.2) is 4.68 Å². The fourth-order valence-corrected chi connectivity index (χ4v) is 2.41. The van der Waals surface area contributed by atoms with E-state index in [1.807, 2.05) is 12.1 Å². The first-order valence-corrected chi connectivity index (χ1v) is 8.35. The number of carbonyl (C=O) groups is 1. The predicted octanol–water partition coefficient (Wildman–Crippen LogP) is 2.04. The minimum atomic E-state index is -0.720. The molecule has 1 unspecified atom stereocenters.